The number of rotatable bonds is 4. The Morgan fingerprint density at radius 3 is 2.88 bits per heavy atom. The molecule has 1 saturated carbocycles. The van der Waals surface area contributed by atoms with Crippen LogP contribution in [0.4, 0.5) is 0 Å². The van der Waals surface area contributed by atoms with Crippen LogP contribution in [-0.4, -0.2) is 20.2 Å². The molecule has 1 N–H and O–H groups in total. The summed E-state index contributed by atoms with van der Waals surface area (Å²) in [7, 11) is 3.71. The smallest absolute Gasteiger partial charge is 0.137 e. The van der Waals surface area contributed by atoms with Gasteiger partial charge in [-0.15, -0.1) is 0 Å². The largest absolute Gasteiger partial charge is 0.495 e. The van der Waals surface area contributed by atoms with Crippen molar-refractivity contribution in [3.63, 3.8) is 0 Å². The highest BCUT2D eigenvalue weighted by atomic mass is 35.5. The van der Waals surface area contributed by atoms with Crippen LogP contribution in [-0.2, 0) is 6.42 Å². The zero-order chi connectivity index (χ0) is 12.3. The van der Waals surface area contributed by atoms with Gasteiger partial charge in [-0.2, -0.15) is 0 Å². The van der Waals surface area contributed by atoms with E-state index in [9.17, 15) is 0 Å². The molecular formula is C14H20ClNO. The number of nitrogens with one attached hydrogen (secondary N) is 1. The summed E-state index contributed by atoms with van der Waals surface area (Å²) in [6.07, 6.45) is 5.05. The van der Waals surface area contributed by atoms with Gasteiger partial charge in [0, 0.05) is 6.04 Å². The van der Waals surface area contributed by atoms with Crippen molar-refractivity contribution in [2.75, 3.05) is 14.2 Å². The van der Waals surface area contributed by atoms with Crippen LogP contribution in [0.25, 0.3) is 0 Å². The Bertz CT molecular complexity index is 380. The number of methoxy groups -OCH3 is 1. The first-order valence-corrected chi connectivity index (χ1v) is 6.62. The molecule has 0 bridgehead atoms. The molecule has 1 aliphatic carbocycles. The summed E-state index contributed by atoms with van der Waals surface area (Å²) in [4.78, 5) is 0. The van der Waals surface area contributed by atoms with Crippen LogP contribution in [0.2, 0.25) is 5.02 Å². The predicted octanol–water partition coefficient (Wildman–Crippen LogP) is 3.28. The van der Waals surface area contributed by atoms with Gasteiger partial charge in [-0.1, -0.05) is 24.1 Å². The topological polar surface area (TPSA) is 21.3 Å². The van der Waals surface area contributed by atoms with E-state index >= 15 is 0 Å². The molecule has 17 heavy (non-hydrogen) atoms. The van der Waals surface area contributed by atoms with E-state index in [1.807, 2.05) is 12.1 Å². The SMILES string of the molecule is CNC1CCCC1Cc1ccc(OC)c(Cl)c1. The molecule has 0 aromatic heterocycles. The number of hydrogen-bond acceptors (Lipinski definition) is 2. The zero-order valence-electron chi connectivity index (χ0n) is 10.5. The normalized spacial score (nSPS) is 23.9. The van der Waals surface area contributed by atoms with Crippen molar-refractivity contribution in [3.05, 3.63) is 28.8 Å². The van der Waals surface area contributed by atoms with Gasteiger partial charge in [0.2, 0.25) is 0 Å². The molecule has 0 saturated heterocycles. The van der Waals surface area contributed by atoms with Crippen molar-refractivity contribution in [2.24, 2.45) is 5.92 Å². The number of ether oxygens (including phenoxy) is 1. The van der Waals surface area contributed by atoms with Gasteiger partial charge in [0.1, 0.15) is 5.75 Å². The molecule has 1 aliphatic rings. The van der Waals surface area contributed by atoms with Gasteiger partial charge >= 0.3 is 0 Å². The summed E-state index contributed by atoms with van der Waals surface area (Å²) in [5, 5.41) is 4.13. The minimum Gasteiger partial charge on any atom is -0.495 e. The van der Waals surface area contributed by atoms with Crippen molar-refractivity contribution in [2.45, 2.75) is 31.7 Å². The van der Waals surface area contributed by atoms with E-state index in [1.54, 1.807) is 7.11 Å². The molecule has 94 valence electrons. The molecule has 2 nitrogen and oxygen atoms in total. The maximum Gasteiger partial charge on any atom is 0.137 e. The third-order valence-electron chi connectivity index (χ3n) is 3.74. The van der Waals surface area contributed by atoms with Crippen molar-refractivity contribution in [1.82, 2.24) is 5.32 Å². The molecule has 0 spiro atoms. The molecule has 0 radical (unpaired) electrons. The van der Waals surface area contributed by atoms with Crippen LogP contribution in [0, 0.1) is 5.92 Å². The Hall–Kier alpha value is -0.730. The van der Waals surface area contributed by atoms with Gasteiger partial charge in [-0.25, -0.2) is 0 Å². The fraction of sp³-hybridized carbons (Fsp3) is 0.571. The fourth-order valence-corrected chi connectivity index (χ4v) is 3.08. The van der Waals surface area contributed by atoms with Gasteiger partial charge in [0.15, 0.2) is 0 Å². The lowest BCUT2D eigenvalue weighted by atomic mass is 9.95. The van der Waals surface area contributed by atoms with E-state index in [-0.39, 0.29) is 0 Å². The number of benzene rings is 1. The van der Waals surface area contributed by atoms with Gasteiger partial charge in [0.05, 0.1) is 12.1 Å². The molecule has 0 heterocycles. The number of halogens is 1. The highest BCUT2D eigenvalue weighted by Gasteiger charge is 2.25. The molecule has 1 aromatic rings. The van der Waals surface area contributed by atoms with E-state index in [2.05, 4.69) is 18.4 Å². The van der Waals surface area contributed by atoms with Crippen LogP contribution < -0.4 is 10.1 Å². The van der Waals surface area contributed by atoms with Crippen LogP contribution in [0.15, 0.2) is 18.2 Å². The van der Waals surface area contributed by atoms with E-state index in [0.29, 0.717) is 11.1 Å². The first-order valence-electron chi connectivity index (χ1n) is 6.24. The van der Waals surface area contributed by atoms with Crippen LogP contribution in [0.3, 0.4) is 0 Å². The molecular weight excluding hydrogens is 234 g/mol. The summed E-state index contributed by atoms with van der Waals surface area (Å²) in [5.41, 5.74) is 1.31. The van der Waals surface area contributed by atoms with E-state index in [4.69, 9.17) is 16.3 Å². The molecule has 1 fully saturated rings. The second kappa shape index (κ2) is 5.74. The maximum absolute atomic E-state index is 6.14. The fourth-order valence-electron chi connectivity index (χ4n) is 2.80. The van der Waals surface area contributed by atoms with Gasteiger partial charge in [-0.05, 0) is 49.9 Å². The monoisotopic (exact) mass is 253 g/mol. The lowest BCUT2D eigenvalue weighted by Crippen LogP contribution is -2.30. The Morgan fingerprint density at radius 1 is 1.41 bits per heavy atom. The molecule has 2 rings (SSSR count). The highest BCUT2D eigenvalue weighted by molar-refractivity contribution is 6.32. The Balaban J connectivity index is 2.05. The average Bonchev–Trinajstić information content (AvgIpc) is 2.76. The van der Waals surface area contributed by atoms with Crippen LogP contribution >= 0.6 is 11.6 Å². The quantitative estimate of drug-likeness (QED) is 0.889. The lowest BCUT2D eigenvalue weighted by Gasteiger charge is -2.19. The molecule has 3 heteroatoms. The van der Waals surface area contributed by atoms with Gasteiger partial charge < -0.3 is 10.1 Å². The Labute approximate surface area is 108 Å². The minimum atomic E-state index is 0.663. The Morgan fingerprint density at radius 2 is 2.24 bits per heavy atom. The first-order chi connectivity index (χ1) is 8.24. The average molecular weight is 254 g/mol. The summed E-state index contributed by atoms with van der Waals surface area (Å²) in [5.74, 6) is 1.50. The predicted molar refractivity (Wildman–Crippen MR) is 71.9 cm³/mol. The first kappa shape index (κ1) is 12.7. The molecule has 2 unspecified atom stereocenters. The standard InChI is InChI=1S/C14H20ClNO/c1-16-13-5-3-4-11(13)8-10-6-7-14(17-2)12(15)9-10/h6-7,9,11,13,16H,3-5,8H2,1-2H3. The summed E-state index contributed by atoms with van der Waals surface area (Å²) < 4.78 is 5.17. The minimum absolute atomic E-state index is 0.663. The number of hydrogen-bond donors (Lipinski definition) is 1. The van der Waals surface area contributed by atoms with Crippen LogP contribution in [0.1, 0.15) is 24.8 Å². The van der Waals surface area contributed by atoms with Gasteiger partial charge in [-0.3, -0.25) is 0 Å². The van der Waals surface area contributed by atoms with Crippen molar-refractivity contribution in [3.8, 4) is 5.75 Å². The third-order valence-corrected chi connectivity index (χ3v) is 4.04. The third kappa shape index (κ3) is 2.93. The van der Waals surface area contributed by atoms with Crippen molar-refractivity contribution < 1.29 is 4.74 Å². The lowest BCUT2D eigenvalue weighted by molar-refractivity contribution is 0.412. The van der Waals surface area contributed by atoms with Crippen LogP contribution in [0.5, 0.6) is 5.75 Å². The van der Waals surface area contributed by atoms with E-state index in [0.717, 1.165) is 18.1 Å². The molecule has 1 aromatic carbocycles. The molecule has 0 aliphatic heterocycles. The van der Waals surface area contributed by atoms with Crippen molar-refractivity contribution in [1.29, 1.82) is 0 Å². The molecule has 0 amide bonds. The van der Waals surface area contributed by atoms with Gasteiger partial charge in [0.25, 0.3) is 0 Å². The molecule has 2 atom stereocenters. The second-order valence-corrected chi connectivity index (χ2v) is 5.17. The highest BCUT2D eigenvalue weighted by Crippen LogP contribution is 2.31. The summed E-state index contributed by atoms with van der Waals surface area (Å²) in [6, 6.07) is 6.78. The van der Waals surface area contributed by atoms with Crippen molar-refractivity contribution >= 4 is 11.6 Å². The second-order valence-electron chi connectivity index (χ2n) is 4.76. The summed E-state index contributed by atoms with van der Waals surface area (Å²) in [6.45, 7) is 0. The maximum atomic E-state index is 6.14. The van der Waals surface area contributed by atoms with E-state index in [1.165, 1.54) is 24.8 Å². The van der Waals surface area contributed by atoms with E-state index < -0.39 is 0 Å². The Kier molecular flexibility index (Phi) is 4.30. The summed E-state index contributed by atoms with van der Waals surface area (Å²) >= 11 is 6.14. The zero-order valence-corrected chi connectivity index (χ0v) is 11.3.